The Morgan fingerprint density at radius 2 is 1.82 bits per heavy atom. The quantitative estimate of drug-likeness (QED) is 0.764. The van der Waals surface area contributed by atoms with Crippen LogP contribution in [0.15, 0.2) is 0 Å². The maximum atomic E-state index is 10.8. The zero-order valence-electron chi connectivity index (χ0n) is 10.6. The SMILES string of the molecule is OC1(C2CCOC3(CCCC3)C2)CCCOC1. The maximum absolute atomic E-state index is 10.8. The Morgan fingerprint density at radius 1 is 1.00 bits per heavy atom. The lowest BCUT2D eigenvalue weighted by atomic mass is 9.73. The molecule has 0 aromatic carbocycles. The van der Waals surface area contributed by atoms with E-state index in [1.807, 2.05) is 0 Å². The molecule has 2 atom stereocenters. The Labute approximate surface area is 103 Å². The van der Waals surface area contributed by atoms with Crippen LogP contribution in [0.3, 0.4) is 0 Å². The van der Waals surface area contributed by atoms with Crippen molar-refractivity contribution < 1.29 is 14.6 Å². The van der Waals surface area contributed by atoms with E-state index < -0.39 is 5.60 Å². The number of hydrogen-bond donors (Lipinski definition) is 1. The molecule has 0 bridgehead atoms. The van der Waals surface area contributed by atoms with Crippen molar-refractivity contribution in [2.45, 2.75) is 62.6 Å². The van der Waals surface area contributed by atoms with Gasteiger partial charge in [-0.05, 0) is 44.4 Å². The van der Waals surface area contributed by atoms with Crippen LogP contribution in [0.5, 0.6) is 0 Å². The summed E-state index contributed by atoms with van der Waals surface area (Å²) in [7, 11) is 0. The third-order valence-corrected chi connectivity index (χ3v) is 5.02. The average molecular weight is 240 g/mol. The first-order valence-corrected chi connectivity index (χ1v) is 7.17. The van der Waals surface area contributed by atoms with Gasteiger partial charge in [-0.1, -0.05) is 12.8 Å². The van der Waals surface area contributed by atoms with Gasteiger partial charge in [-0.15, -0.1) is 0 Å². The van der Waals surface area contributed by atoms with Crippen molar-refractivity contribution in [3.63, 3.8) is 0 Å². The first kappa shape index (κ1) is 11.9. The van der Waals surface area contributed by atoms with Crippen LogP contribution in [0.25, 0.3) is 0 Å². The molecule has 1 spiro atoms. The molecule has 3 nitrogen and oxygen atoms in total. The Kier molecular flexibility index (Phi) is 3.18. The molecule has 1 aliphatic carbocycles. The van der Waals surface area contributed by atoms with Crippen molar-refractivity contribution in [3.05, 3.63) is 0 Å². The molecule has 17 heavy (non-hydrogen) atoms. The van der Waals surface area contributed by atoms with Crippen LogP contribution < -0.4 is 0 Å². The monoisotopic (exact) mass is 240 g/mol. The average Bonchev–Trinajstić information content (AvgIpc) is 2.78. The molecule has 3 rings (SSSR count). The molecule has 0 aromatic rings. The van der Waals surface area contributed by atoms with Crippen LogP contribution in [-0.4, -0.2) is 36.1 Å². The summed E-state index contributed by atoms with van der Waals surface area (Å²) in [5.41, 5.74) is -0.465. The highest BCUT2D eigenvalue weighted by Gasteiger charge is 2.47. The second-order valence-corrected chi connectivity index (χ2v) is 6.19. The summed E-state index contributed by atoms with van der Waals surface area (Å²) >= 11 is 0. The second-order valence-electron chi connectivity index (χ2n) is 6.19. The molecule has 2 heterocycles. The number of ether oxygens (including phenoxy) is 2. The Morgan fingerprint density at radius 3 is 2.53 bits per heavy atom. The highest BCUT2D eigenvalue weighted by molar-refractivity contribution is 4.98. The van der Waals surface area contributed by atoms with Gasteiger partial charge in [0.05, 0.1) is 17.8 Å². The van der Waals surface area contributed by atoms with Gasteiger partial charge >= 0.3 is 0 Å². The predicted molar refractivity (Wildman–Crippen MR) is 64.9 cm³/mol. The van der Waals surface area contributed by atoms with Gasteiger partial charge in [-0.2, -0.15) is 0 Å². The van der Waals surface area contributed by atoms with Crippen LogP contribution in [0, 0.1) is 5.92 Å². The van der Waals surface area contributed by atoms with Crippen LogP contribution in [0.1, 0.15) is 51.4 Å². The van der Waals surface area contributed by atoms with E-state index in [-0.39, 0.29) is 5.60 Å². The van der Waals surface area contributed by atoms with Crippen molar-refractivity contribution in [1.29, 1.82) is 0 Å². The van der Waals surface area contributed by atoms with E-state index in [9.17, 15) is 5.11 Å². The van der Waals surface area contributed by atoms with Crippen LogP contribution in [0.2, 0.25) is 0 Å². The molecule has 2 aliphatic heterocycles. The van der Waals surface area contributed by atoms with E-state index in [4.69, 9.17) is 9.47 Å². The predicted octanol–water partition coefficient (Wildman–Crippen LogP) is 2.27. The molecule has 3 heteroatoms. The Hall–Kier alpha value is -0.120. The van der Waals surface area contributed by atoms with Gasteiger partial charge in [0.1, 0.15) is 0 Å². The normalized spacial score (nSPS) is 41.8. The molecular formula is C14H24O3. The smallest absolute Gasteiger partial charge is 0.0910 e. The zero-order chi connectivity index (χ0) is 11.8. The molecule has 0 radical (unpaired) electrons. The summed E-state index contributed by atoms with van der Waals surface area (Å²) in [6, 6.07) is 0. The molecule has 2 unspecified atom stereocenters. The van der Waals surface area contributed by atoms with Crippen LogP contribution in [-0.2, 0) is 9.47 Å². The van der Waals surface area contributed by atoms with Gasteiger partial charge in [0.2, 0.25) is 0 Å². The van der Waals surface area contributed by atoms with Crippen molar-refractivity contribution in [1.82, 2.24) is 0 Å². The van der Waals surface area contributed by atoms with E-state index in [1.54, 1.807) is 0 Å². The van der Waals surface area contributed by atoms with E-state index >= 15 is 0 Å². The van der Waals surface area contributed by atoms with Crippen molar-refractivity contribution >= 4 is 0 Å². The van der Waals surface area contributed by atoms with E-state index in [0.717, 1.165) is 38.9 Å². The van der Waals surface area contributed by atoms with Gasteiger partial charge in [0, 0.05) is 13.2 Å². The molecule has 0 amide bonds. The summed E-state index contributed by atoms with van der Waals surface area (Å²) in [6.45, 7) is 2.18. The highest BCUT2D eigenvalue weighted by Crippen LogP contribution is 2.46. The lowest BCUT2D eigenvalue weighted by molar-refractivity contribution is -0.174. The second kappa shape index (κ2) is 4.52. The van der Waals surface area contributed by atoms with Gasteiger partial charge in [-0.25, -0.2) is 0 Å². The minimum Gasteiger partial charge on any atom is -0.387 e. The van der Waals surface area contributed by atoms with Crippen molar-refractivity contribution in [3.8, 4) is 0 Å². The fraction of sp³-hybridized carbons (Fsp3) is 1.00. The standard InChI is InChI=1S/C14H24O3/c15-14(7-3-8-16-11-14)12-4-9-17-13(10-12)5-1-2-6-13/h12,15H,1-11H2. The third kappa shape index (κ3) is 2.25. The topological polar surface area (TPSA) is 38.7 Å². The molecular weight excluding hydrogens is 216 g/mol. The van der Waals surface area contributed by atoms with Crippen LogP contribution in [0.4, 0.5) is 0 Å². The Balaban J connectivity index is 1.70. The Bertz CT molecular complexity index is 265. The summed E-state index contributed by atoms with van der Waals surface area (Å²) < 4.78 is 11.5. The zero-order valence-corrected chi connectivity index (χ0v) is 10.6. The summed E-state index contributed by atoms with van der Waals surface area (Å²) in [6.07, 6.45) is 8.94. The van der Waals surface area contributed by atoms with Gasteiger partial charge in [0.25, 0.3) is 0 Å². The molecule has 3 aliphatic rings. The molecule has 0 aromatic heterocycles. The first-order valence-electron chi connectivity index (χ1n) is 7.17. The third-order valence-electron chi connectivity index (χ3n) is 5.02. The molecule has 2 saturated heterocycles. The largest absolute Gasteiger partial charge is 0.387 e. The summed E-state index contributed by atoms with van der Waals surface area (Å²) in [4.78, 5) is 0. The first-order chi connectivity index (χ1) is 8.23. The van der Waals surface area contributed by atoms with Crippen molar-refractivity contribution in [2.75, 3.05) is 19.8 Å². The molecule has 1 saturated carbocycles. The van der Waals surface area contributed by atoms with Gasteiger partial charge in [0.15, 0.2) is 0 Å². The lowest BCUT2D eigenvalue weighted by Gasteiger charge is -2.46. The minimum absolute atomic E-state index is 0.107. The van der Waals surface area contributed by atoms with Gasteiger partial charge in [-0.3, -0.25) is 0 Å². The number of hydrogen-bond acceptors (Lipinski definition) is 3. The van der Waals surface area contributed by atoms with Crippen molar-refractivity contribution in [2.24, 2.45) is 5.92 Å². The van der Waals surface area contributed by atoms with Crippen LogP contribution >= 0.6 is 0 Å². The van der Waals surface area contributed by atoms with E-state index in [0.29, 0.717) is 12.5 Å². The molecule has 3 fully saturated rings. The molecule has 1 N–H and O–H groups in total. The maximum Gasteiger partial charge on any atom is 0.0910 e. The lowest BCUT2D eigenvalue weighted by Crippen LogP contribution is -2.51. The van der Waals surface area contributed by atoms with E-state index in [1.165, 1.54) is 25.7 Å². The summed E-state index contributed by atoms with van der Waals surface area (Å²) in [5.74, 6) is 0.384. The number of rotatable bonds is 1. The minimum atomic E-state index is -0.572. The van der Waals surface area contributed by atoms with E-state index in [2.05, 4.69) is 0 Å². The fourth-order valence-electron chi connectivity index (χ4n) is 3.98. The fourth-order valence-corrected chi connectivity index (χ4v) is 3.98. The highest BCUT2D eigenvalue weighted by atomic mass is 16.5. The number of aliphatic hydroxyl groups is 1. The summed E-state index contributed by atoms with van der Waals surface area (Å²) in [5, 5.41) is 10.8. The van der Waals surface area contributed by atoms with Gasteiger partial charge < -0.3 is 14.6 Å². The molecule has 98 valence electrons.